The standard InChI is InChI=1S/C8H16N2O2/c9-7(8(11)12)3-6-10-4-1-2-5-10/h7H,1-6,9H2,(H,11,12). The lowest BCUT2D eigenvalue weighted by Crippen LogP contribution is -2.34. The van der Waals surface area contributed by atoms with Crippen molar-refractivity contribution >= 4 is 5.97 Å². The molecule has 0 radical (unpaired) electrons. The zero-order chi connectivity index (χ0) is 8.97. The van der Waals surface area contributed by atoms with Gasteiger partial charge in [0, 0.05) is 6.54 Å². The lowest BCUT2D eigenvalue weighted by Gasteiger charge is -2.15. The molecule has 4 nitrogen and oxygen atoms in total. The second-order valence-corrected chi connectivity index (χ2v) is 3.28. The molecule has 0 bridgehead atoms. The van der Waals surface area contributed by atoms with Crippen LogP contribution in [0.15, 0.2) is 0 Å². The van der Waals surface area contributed by atoms with E-state index in [1.807, 2.05) is 0 Å². The molecule has 1 fully saturated rings. The smallest absolute Gasteiger partial charge is 0.320 e. The van der Waals surface area contributed by atoms with Crippen LogP contribution in [0.1, 0.15) is 19.3 Å². The Morgan fingerprint density at radius 2 is 2.08 bits per heavy atom. The van der Waals surface area contributed by atoms with E-state index in [0.717, 1.165) is 19.6 Å². The zero-order valence-electron chi connectivity index (χ0n) is 7.20. The van der Waals surface area contributed by atoms with Crippen LogP contribution in [0.2, 0.25) is 0 Å². The Kier molecular flexibility index (Phi) is 3.49. The van der Waals surface area contributed by atoms with Crippen LogP contribution in [0.25, 0.3) is 0 Å². The fraction of sp³-hybridized carbons (Fsp3) is 0.875. The molecule has 0 aliphatic carbocycles. The normalized spacial score (nSPS) is 21.1. The van der Waals surface area contributed by atoms with Crippen molar-refractivity contribution < 1.29 is 9.90 Å². The van der Waals surface area contributed by atoms with Gasteiger partial charge in [0.05, 0.1) is 0 Å². The van der Waals surface area contributed by atoms with E-state index in [4.69, 9.17) is 10.8 Å². The number of nitrogens with zero attached hydrogens (tertiary/aromatic N) is 1. The number of rotatable bonds is 4. The van der Waals surface area contributed by atoms with E-state index < -0.39 is 12.0 Å². The largest absolute Gasteiger partial charge is 0.480 e. The molecule has 1 atom stereocenters. The van der Waals surface area contributed by atoms with E-state index in [0.29, 0.717) is 6.42 Å². The summed E-state index contributed by atoms with van der Waals surface area (Å²) >= 11 is 0. The molecule has 4 heteroatoms. The summed E-state index contributed by atoms with van der Waals surface area (Å²) < 4.78 is 0. The first-order valence-electron chi connectivity index (χ1n) is 4.41. The van der Waals surface area contributed by atoms with Crippen LogP contribution in [-0.2, 0) is 4.79 Å². The van der Waals surface area contributed by atoms with E-state index in [1.165, 1.54) is 12.8 Å². The summed E-state index contributed by atoms with van der Waals surface area (Å²) in [5, 5.41) is 8.51. The van der Waals surface area contributed by atoms with E-state index in [9.17, 15) is 4.79 Å². The summed E-state index contributed by atoms with van der Waals surface area (Å²) in [5.41, 5.74) is 5.37. The Labute approximate surface area is 72.3 Å². The van der Waals surface area contributed by atoms with Gasteiger partial charge in [0.2, 0.25) is 0 Å². The molecule has 0 saturated carbocycles. The van der Waals surface area contributed by atoms with Crippen molar-refractivity contribution in [2.45, 2.75) is 25.3 Å². The summed E-state index contributed by atoms with van der Waals surface area (Å²) in [6.07, 6.45) is 3.04. The third-order valence-electron chi connectivity index (χ3n) is 2.27. The summed E-state index contributed by atoms with van der Waals surface area (Å²) in [4.78, 5) is 12.6. The first-order chi connectivity index (χ1) is 5.70. The number of hydrogen-bond donors (Lipinski definition) is 2. The molecule has 3 N–H and O–H groups in total. The van der Waals surface area contributed by atoms with Gasteiger partial charge in [-0.2, -0.15) is 0 Å². The lowest BCUT2D eigenvalue weighted by atomic mass is 10.2. The van der Waals surface area contributed by atoms with Crippen molar-refractivity contribution in [1.29, 1.82) is 0 Å². The Balaban J connectivity index is 2.11. The Bertz CT molecular complexity index is 155. The summed E-state index contributed by atoms with van der Waals surface area (Å²) in [6.45, 7) is 3.03. The van der Waals surface area contributed by atoms with Crippen LogP contribution in [0.4, 0.5) is 0 Å². The van der Waals surface area contributed by atoms with Crippen LogP contribution in [0.5, 0.6) is 0 Å². The van der Waals surface area contributed by atoms with E-state index in [1.54, 1.807) is 0 Å². The minimum Gasteiger partial charge on any atom is -0.480 e. The first kappa shape index (κ1) is 9.48. The highest BCUT2D eigenvalue weighted by molar-refractivity contribution is 5.72. The minimum absolute atomic E-state index is 0.565. The number of aliphatic carboxylic acids is 1. The van der Waals surface area contributed by atoms with Gasteiger partial charge in [-0.25, -0.2) is 0 Å². The average molecular weight is 172 g/mol. The maximum atomic E-state index is 10.4. The van der Waals surface area contributed by atoms with Crippen molar-refractivity contribution in [2.75, 3.05) is 19.6 Å². The summed E-state index contributed by atoms with van der Waals surface area (Å²) in [5.74, 6) is -0.894. The molecule has 0 amide bonds. The number of likely N-dealkylation sites (tertiary alicyclic amines) is 1. The van der Waals surface area contributed by atoms with Crippen LogP contribution >= 0.6 is 0 Å². The second-order valence-electron chi connectivity index (χ2n) is 3.28. The molecule has 1 unspecified atom stereocenters. The molecular formula is C8H16N2O2. The molecular weight excluding hydrogens is 156 g/mol. The molecule has 1 rings (SSSR count). The molecule has 0 aromatic rings. The van der Waals surface area contributed by atoms with Gasteiger partial charge in [-0.1, -0.05) is 0 Å². The second kappa shape index (κ2) is 4.42. The predicted octanol–water partition coefficient (Wildman–Crippen LogP) is -0.116. The predicted molar refractivity (Wildman–Crippen MR) is 45.9 cm³/mol. The summed E-state index contributed by atoms with van der Waals surface area (Å²) in [7, 11) is 0. The van der Waals surface area contributed by atoms with Crippen molar-refractivity contribution in [2.24, 2.45) is 5.73 Å². The Morgan fingerprint density at radius 3 is 2.58 bits per heavy atom. The molecule has 0 spiro atoms. The van der Waals surface area contributed by atoms with Crippen molar-refractivity contribution in [1.82, 2.24) is 4.90 Å². The highest BCUT2D eigenvalue weighted by atomic mass is 16.4. The number of hydrogen-bond acceptors (Lipinski definition) is 3. The maximum Gasteiger partial charge on any atom is 0.320 e. The van der Waals surface area contributed by atoms with Crippen LogP contribution in [0.3, 0.4) is 0 Å². The molecule has 0 aromatic heterocycles. The quantitative estimate of drug-likeness (QED) is 0.620. The van der Waals surface area contributed by atoms with Gasteiger partial charge in [0.25, 0.3) is 0 Å². The van der Waals surface area contributed by atoms with Gasteiger partial charge in [0.1, 0.15) is 6.04 Å². The highest BCUT2D eigenvalue weighted by Gasteiger charge is 2.15. The fourth-order valence-electron chi connectivity index (χ4n) is 1.45. The number of nitrogens with two attached hydrogens (primary N) is 1. The van der Waals surface area contributed by atoms with E-state index >= 15 is 0 Å². The zero-order valence-corrected chi connectivity index (χ0v) is 7.20. The number of carboxylic acids is 1. The van der Waals surface area contributed by atoms with Gasteiger partial charge >= 0.3 is 5.97 Å². The third-order valence-corrected chi connectivity index (χ3v) is 2.27. The maximum absolute atomic E-state index is 10.4. The van der Waals surface area contributed by atoms with Crippen molar-refractivity contribution in [3.63, 3.8) is 0 Å². The van der Waals surface area contributed by atoms with E-state index in [2.05, 4.69) is 4.90 Å². The van der Waals surface area contributed by atoms with Gasteiger partial charge < -0.3 is 15.7 Å². The van der Waals surface area contributed by atoms with Gasteiger partial charge in [-0.05, 0) is 32.4 Å². The lowest BCUT2D eigenvalue weighted by molar-refractivity contribution is -0.138. The SMILES string of the molecule is NC(CCN1CCCC1)C(=O)O. The topological polar surface area (TPSA) is 66.6 Å². The first-order valence-corrected chi connectivity index (χ1v) is 4.41. The van der Waals surface area contributed by atoms with Crippen LogP contribution < -0.4 is 5.73 Å². The average Bonchev–Trinajstić information content (AvgIpc) is 2.51. The fourth-order valence-corrected chi connectivity index (χ4v) is 1.45. The molecule has 1 aliphatic rings. The monoisotopic (exact) mass is 172 g/mol. The third kappa shape index (κ3) is 2.79. The molecule has 1 saturated heterocycles. The minimum atomic E-state index is -0.894. The van der Waals surface area contributed by atoms with Crippen molar-refractivity contribution in [3.05, 3.63) is 0 Å². The van der Waals surface area contributed by atoms with Crippen LogP contribution in [0, 0.1) is 0 Å². The van der Waals surface area contributed by atoms with Crippen molar-refractivity contribution in [3.8, 4) is 0 Å². The molecule has 0 aromatic carbocycles. The van der Waals surface area contributed by atoms with Gasteiger partial charge in [-0.15, -0.1) is 0 Å². The highest BCUT2D eigenvalue weighted by Crippen LogP contribution is 2.07. The van der Waals surface area contributed by atoms with Crippen LogP contribution in [-0.4, -0.2) is 41.7 Å². The molecule has 12 heavy (non-hydrogen) atoms. The molecule has 1 heterocycles. The molecule has 1 aliphatic heterocycles. The van der Waals surface area contributed by atoms with Gasteiger partial charge in [0.15, 0.2) is 0 Å². The Hall–Kier alpha value is -0.610. The number of carboxylic acid groups (broad SMARTS) is 1. The summed E-state index contributed by atoms with van der Waals surface area (Å²) in [6, 6.07) is -0.689. The van der Waals surface area contributed by atoms with E-state index in [-0.39, 0.29) is 0 Å². The Morgan fingerprint density at radius 1 is 1.50 bits per heavy atom. The number of carbonyl (C=O) groups is 1. The molecule has 70 valence electrons. The van der Waals surface area contributed by atoms with Gasteiger partial charge in [-0.3, -0.25) is 4.79 Å².